The number of amides is 3. The molecule has 0 saturated carbocycles. The van der Waals surface area contributed by atoms with Gasteiger partial charge in [-0.15, -0.1) is 0 Å². The Bertz CT molecular complexity index is 936. The van der Waals surface area contributed by atoms with Crippen LogP contribution in [0.3, 0.4) is 0 Å². The minimum atomic E-state index is -0.938. The van der Waals surface area contributed by atoms with Gasteiger partial charge in [0.25, 0.3) is 5.91 Å². The Labute approximate surface area is 248 Å². The van der Waals surface area contributed by atoms with Crippen LogP contribution in [0.15, 0.2) is 24.3 Å². The van der Waals surface area contributed by atoms with E-state index in [4.69, 9.17) is 23.7 Å². The number of nitrogens with one attached hydrogen (secondary N) is 4. The van der Waals surface area contributed by atoms with Gasteiger partial charge in [-0.2, -0.15) is 0 Å². The summed E-state index contributed by atoms with van der Waals surface area (Å²) in [5.74, 6) is -1.27. The normalized spacial score (nSPS) is 11.7. The van der Waals surface area contributed by atoms with Gasteiger partial charge in [0.1, 0.15) is 11.6 Å². The Morgan fingerprint density at radius 2 is 1.36 bits per heavy atom. The zero-order valence-electron chi connectivity index (χ0n) is 25.5. The summed E-state index contributed by atoms with van der Waals surface area (Å²) in [6, 6.07) is 5.85. The van der Waals surface area contributed by atoms with Gasteiger partial charge in [-0.25, -0.2) is 9.59 Å². The van der Waals surface area contributed by atoms with Crippen LogP contribution in [0, 0.1) is 0 Å². The average molecular weight is 597 g/mol. The van der Waals surface area contributed by atoms with Crippen LogP contribution in [-0.2, 0) is 33.3 Å². The van der Waals surface area contributed by atoms with Crippen molar-refractivity contribution >= 4 is 29.6 Å². The number of alkyl carbamates (subject to hydrolysis) is 1. The monoisotopic (exact) mass is 596 g/mol. The molecule has 13 nitrogen and oxygen atoms in total. The lowest BCUT2D eigenvalue weighted by atomic mass is 10.1. The van der Waals surface area contributed by atoms with Crippen molar-refractivity contribution in [1.82, 2.24) is 16.0 Å². The van der Waals surface area contributed by atoms with E-state index in [9.17, 15) is 19.2 Å². The van der Waals surface area contributed by atoms with E-state index in [2.05, 4.69) is 21.3 Å². The highest BCUT2D eigenvalue weighted by Gasteiger charge is 2.23. The predicted octanol–water partition coefficient (Wildman–Crippen LogP) is 2.25. The number of benzene rings is 1. The van der Waals surface area contributed by atoms with Crippen LogP contribution in [0.2, 0.25) is 0 Å². The molecule has 1 aromatic carbocycles. The molecule has 13 heteroatoms. The topological polar surface area (TPSA) is 163 Å². The van der Waals surface area contributed by atoms with Gasteiger partial charge in [-0.3, -0.25) is 9.59 Å². The maximum atomic E-state index is 12.5. The van der Waals surface area contributed by atoms with Crippen LogP contribution in [0.4, 0.5) is 10.5 Å². The number of hydrogen-bond acceptors (Lipinski definition) is 10. The highest BCUT2D eigenvalue weighted by Crippen LogP contribution is 2.10. The SMILES string of the molecule is CNc1ccc(C(=O)NC(CCC(=O)NCCCOCCOCCOCCCNC(=O)OC(C)(C)C)C(=O)OC)cc1. The zero-order chi connectivity index (χ0) is 31.2. The fourth-order valence-corrected chi connectivity index (χ4v) is 3.41. The summed E-state index contributed by atoms with van der Waals surface area (Å²) in [6.45, 7) is 9.03. The summed E-state index contributed by atoms with van der Waals surface area (Å²) in [6.07, 6.45) is 1.02. The summed E-state index contributed by atoms with van der Waals surface area (Å²) in [7, 11) is 3.01. The average Bonchev–Trinajstić information content (AvgIpc) is 2.95. The first-order valence-electron chi connectivity index (χ1n) is 14.2. The van der Waals surface area contributed by atoms with Crippen molar-refractivity contribution in [2.45, 2.75) is 58.1 Å². The Morgan fingerprint density at radius 1 is 0.810 bits per heavy atom. The van der Waals surface area contributed by atoms with Crippen molar-refractivity contribution in [2.75, 3.05) is 72.2 Å². The summed E-state index contributed by atoms with van der Waals surface area (Å²) >= 11 is 0. The number of methoxy groups -OCH3 is 1. The van der Waals surface area contributed by atoms with Gasteiger partial charge < -0.3 is 45.0 Å². The van der Waals surface area contributed by atoms with E-state index >= 15 is 0 Å². The Hall–Kier alpha value is -3.42. The summed E-state index contributed by atoms with van der Waals surface area (Å²) in [5, 5.41) is 11.1. The van der Waals surface area contributed by atoms with Crippen molar-refractivity contribution in [3.05, 3.63) is 29.8 Å². The Kier molecular flexibility index (Phi) is 18.6. The fraction of sp³-hybridized carbons (Fsp3) is 0.655. The molecule has 1 aromatic rings. The van der Waals surface area contributed by atoms with Crippen LogP contribution in [0.1, 0.15) is 56.8 Å². The van der Waals surface area contributed by atoms with Crippen LogP contribution < -0.4 is 21.3 Å². The van der Waals surface area contributed by atoms with E-state index in [1.165, 1.54) is 7.11 Å². The lowest BCUT2D eigenvalue weighted by Crippen LogP contribution is -2.42. The third-order valence-corrected chi connectivity index (χ3v) is 5.55. The second-order valence-corrected chi connectivity index (χ2v) is 10.2. The lowest BCUT2D eigenvalue weighted by Gasteiger charge is -2.19. The van der Waals surface area contributed by atoms with E-state index < -0.39 is 29.6 Å². The summed E-state index contributed by atoms with van der Waals surface area (Å²) < 4.78 is 26.3. The van der Waals surface area contributed by atoms with Crippen molar-refractivity contribution in [1.29, 1.82) is 0 Å². The van der Waals surface area contributed by atoms with Crippen LogP contribution >= 0.6 is 0 Å². The van der Waals surface area contributed by atoms with Gasteiger partial charge >= 0.3 is 12.1 Å². The van der Waals surface area contributed by atoms with Gasteiger partial charge in [-0.05, 0) is 64.3 Å². The van der Waals surface area contributed by atoms with Gasteiger partial charge in [0.15, 0.2) is 0 Å². The molecule has 1 atom stereocenters. The molecule has 0 aliphatic carbocycles. The number of carbonyl (C=O) groups excluding carboxylic acids is 4. The van der Waals surface area contributed by atoms with Crippen LogP contribution in [0.5, 0.6) is 0 Å². The third-order valence-electron chi connectivity index (χ3n) is 5.55. The second-order valence-electron chi connectivity index (χ2n) is 10.2. The van der Waals surface area contributed by atoms with Gasteiger partial charge in [0, 0.05) is 51.0 Å². The quantitative estimate of drug-likeness (QED) is 0.122. The molecule has 42 heavy (non-hydrogen) atoms. The van der Waals surface area contributed by atoms with E-state index in [0.717, 1.165) is 5.69 Å². The molecule has 0 aliphatic heterocycles. The van der Waals surface area contributed by atoms with Crippen molar-refractivity contribution in [3.8, 4) is 0 Å². The number of rotatable bonds is 21. The number of anilines is 1. The minimum absolute atomic E-state index is 0.0513. The molecule has 0 fully saturated rings. The zero-order valence-corrected chi connectivity index (χ0v) is 25.5. The van der Waals surface area contributed by atoms with Crippen LogP contribution in [-0.4, -0.2) is 102 Å². The first kappa shape index (κ1) is 36.6. The van der Waals surface area contributed by atoms with E-state index in [-0.39, 0.29) is 18.7 Å². The highest BCUT2D eigenvalue weighted by atomic mass is 16.6. The Balaban J connectivity index is 2.04. The molecule has 3 amide bonds. The molecule has 238 valence electrons. The maximum Gasteiger partial charge on any atom is 0.407 e. The third kappa shape index (κ3) is 18.1. The van der Waals surface area contributed by atoms with E-state index in [1.807, 2.05) is 20.8 Å². The lowest BCUT2D eigenvalue weighted by molar-refractivity contribution is -0.143. The standard InChI is InChI=1S/C29H48N4O9/c1-29(2,3)42-28(37)32-15-7-17-40-19-21-41-20-18-39-16-6-14-31-25(34)13-12-24(27(36)38-5)33-26(35)22-8-10-23(30-4)11-9-22/h8-11,24,30H,6-7,12-21H2,1-5H3,(H,31,34)(H,32,37)(H,33,35). The smallest absolute Gasteiger partial charge is 0.407 e. The molecule has 0 heterocycles. The van der Waals surface area contributed by atoms with Crippen molar-refractivity contribution in [3.63, 3.8) is 0 Å². The molecule has 0 saturated heterocycles. The number of ether oxygens (including phenoxy) is 5. The molecule has 4 N–H and O–H groups in total. The minimum Gasteiger partial charge on any atom is -0.467 e. The number of carbonyl (C=O) groups is 4. The molecule has 1 rings (SSSR count). The predicted molar refractivity (Wildman–Crippen MR) is 157 cm³/mol. The Morgan fingerprint density at radius 3 is 1.88 bits per heavy atom. The first-order valence-corrected chi connectivity index (χ1v) is 14.2. The van der Waals surface area contributed by atoms with Gasteiger partial charge in [-0.1, -0.05) is 0 Å². The van der Waals surface area contributed by atoms with Crippen molar-refractivity contribution < 1.29 is 42.9 Å². The van der Waals surface area contributed by atoms with E-state index in [0.29, 0.717) is 71.1 Å². The van der Waals surface area contributed by atoms with Crippen LogP contribution in [0.25, 0.3) is 0 Å². The molecule has 0 aliphatic rings. The molecule has 0 aromatic heterocycles. The first-order chi connectivity index (χ1) is 20.1. The second kappa shape index (κ2) is 21.3. The molecule has 0 radical (unpaired) electrons. The van der Waals surface area contributed by atoms with Crippen molar-refractivity contribution in [2.24, 2.45) is 0 Å². The largest absolute Gasteiger partial charge is 0.467 e. The summed E-state index contributed by atoms with van der Waals surface area (Å²) in [5.41, 5.74) is 0.736. The summed E-state index contributed by atoms with van der Waals surface area (Å²) in [4.78, 5) is 48.3. The highest BCUT2D eigenvalue weighted by molar-refractivity contribution is 5.97. The fourth-order valence-electron chi connectivity index (χ4n) is 3.41. The molecule has 0 bridgehead atoms. The molecule has 0 spiro atoms. The molecule has 1 unspecified atom stereocenters. The van der Waals surface area contributed by atoms with E-state index in [1.54, 1.807) is 31.3 Å². The number of hydrogen-bond donors (Lipinski definition) is 4. The molecular weight excluding hydrogens is 548 g/mol. The number of esters is 1. The molecular formula is C29H48N4O9. The van der Waals surface area contributed by atoms with Gasteiger partial charge in [0.05, 0.1) is 33.5 Å². The maximum absolute atomic E-state index is 12.5. The van der Waals surface area contributed by atoms with Gasteiger partial charge in [0.2, 0.25) is 5.91 Å².